The predicted molar refractivity (Wildman–Crippen MR) is 51.6 cm³/mol. The predicted octanol–water partition coefficient (Wildman–Crippen LogP) is -2.61. The van der Waals surface area contributed by atoms with Gasteiger partial charge in [0, 0.05) is 10.4 Å². The van der Waals surface area contributed by atoms with Gasteiger partial charge in [0.2, 0.25) is 0 Å². The first kappa shape index (κ1) is 25.3. The van der Waals surface area contributed by atoms with Gasteiger partial charge in [-0.15, -0.1) is 6.04 Å². The van der Waals surface area contributed by atoms with Crippen molar-refractivity contribution in [3.63, 3.8) is 0 Å². The van der Waals surface area contributed by atoms with E-state index in [-0.39, 0.29) is 38.1 Å². The Bertz CT molecular complexity index is 219. The fraction of sp³-hybridized carbons (Fsp3) is 0.833. The molecule has 0 bridgehead atoms. The maximum atomic E-state index is 8.52. The maximum absolute atomic E-state index is 8.52. The zero-order chi connectivity index (χ0) is 10.5. The van der Waals surface area contributed by atoms with Gasteiger partial charge in [-0.2, -0.15) is 6.42 Å². The summed E-state index contributed by atoms with van der Waals surface area (Å²) >= 11 is 0. The van der Waals surface area contributed by atoms with Gasteiger partial charge in [0.1, 0.15) is 0 Å². The summed E-state index contributed by atoms with van der Waals surface area (Å²) < 4.78 is 34.1. The fourth-order valence-electron chi connectivity index (χ4n) is 1.06. The van der Waals surface area contributed by atoms with Crippen molar-refractivity contribution in [2.45, 2.75) is 31.7 Å². The van der Waals surface area contributed by atoms with Gasteiger partial charge in [-0.3, -0.25) is 8.42 Å². The molecule has 0 aromatic heterocycles. The molecule has 8 nitrogen and oxygen atoms in total. The minimum Gasteiger partial charge on any atom is -0.759 e. The summed E-state index contributed by atoms with van der Waals surface area (Å²) in [5, 5.41) is 0. The average Bonchev–Trinajstić information content (AvgIpc) is 1.92. The van der Waals surface area contributed by atoms with Crippen LogP contribution >= 0.6 is 0 Å². The fourth-order valence-corrected chi connectivity index (χ4v) is 1.06. The first-order chi connectivity index (χ1) is 5.80. The van der Waals surface area contributed by atoms with Gasteiger partial charge < -0.3 is 31.5 Å². The molecule has 8 N–H and O–H groups in total. The van der Waals surface area contributed by atoms with Crippen LogP contribution in [0.1, 0.15) is 25.7 Å². The Kier molecular flexibility index (Phi) is 18.8. The van der Waals surface area contributed by atoms with Crippen molar-refractivity contribution in [2.75, 3.05) is 0 Å². The van der Waals surface area contributed by atoms with Gasteiger partial charge >= 0.3 is 21.1 Å². The van der Waals surface area contributed by atoms with Crippen molar-refractivity contribution in [3.8, 4) is 0 Å². The normalized spacial score (nSPS) is 20.1. The van der Waals surface area contributed by atoms with Crippen LogP contribution in [0.5, 0.6) is 0 Å². The summed E-state index contributed by atoms with van der Waals surface area (Å²) in [4.78, 5) is 0. The number of hydrogen-bond donors (Lipinski definition) is 2. The van der Waals surface area contributed by atoms with Gasteiger partial charge in [-0.05, 0) is 0 Å². The number of nitrogens with two attached hydrogens (primary N) is 2. The molecule has 1 saturated carbocycles. The summed E-state index contributed by atoms with van der Waals surface area (Å²) in [5.41, 5.74) is 11.2. The van der Waals surface area contributed by atoms with Crippen LogP contribution in [0.25, 0.3) is 0 Å². The van der Waals surface area contributed by atoms with Crippen LogP contribution in [0.3, 0.4) is 0 Å². The molecule has 0 saturated heterocycles. The number of hydrogen-bond acceptors (Lipinski definition) is 6. The smallest absolute Gasteiger partial charge is 0.759 e. The molecule has 16 heavy (non-hydrogen) atoms. The second-order valence-electron chi connectivity index (χ2n) is 2.84. The summed E-state index contributed by atoms with van der Waals surface area (Å²) in [5.74, 6) is 0. The first-order valence-corrected chi connectivity index (χ1v) is 5.17. The molecule has 104 valence electrons. The van der Waals surface area contributed by atoms with Crippen molar-refractivity contribution in [2.24, 2.45) is 11.5 Å². The van der Waals surface area contributed by atoms with Gasteiger partial charge in [0.05, 0.1) is 0 Å². The zero-order valence-electron chi connectivity index (χ0n) is 8.42. The molecule has 0 spiro atoms. The van der Waals surface area contributed by atoms with Gasteiger partial charge in [-0.1, -0.05) is 19.3 Å². The van der Waals surface area contributed by atoms with E-state index in [0.717, 1.165) is 18.9 Å². The topological polar surface area (TPSA) is 195 Å². The van der Waals surface area contributed by atoms with Crippen LogP contribution < -0.4 is 11.5 Å². The minimum atomic E-state index is -5.17. The van der Waals surface area contributed by atoms with E-state index >= 15 is 0 Å². The van der Waals surface area contributed by atoms with E-state index in [1.165, 1.54) is 12.8 Å². The molecule has 0 heterocycles. The van der Waals surface area contributed by atoms with E-state index in [4.69, 9.17) is 29.0 Å². The average molecular weight is 440 g/mol. The summed E-state index contributed by atoms with van der Waals surface area (Å²) in [6.07, 6.45) is 4.62. The molecular weight excluding hydrogens is 423 g/mol. The van der Waals surface area contributed by atoms with E-state index in [1.54, 1.807) is 0 Å². The van der Waals surface area contributed by atoms with Crippen LogP contribution in [-0.4, -0.2) is 34.5 Å². The third kappa shape index (κ3) is 19.9. The molecule has 10 heteroatoms. The molecule has 1 aliphatic rings. The Morgan fingerprint density at radius 3 is 1.75 bits per heavy atom. The van der Waals surface area contributed by atoms with Crippen LogP contribution in [-0.2, 0) is 31.5 Å². The Morgan fingerprint density at radius 1 is 1.19 bits per heavy atom. The zero-order valence-corrected chi connectivity index (χ0v) is 11.5. The Hall–Kier alpha value is 0.398. The summed E-state index contributed by atoms with van der Waals surface area (Å²) in [6, 6.07) is 1.19. The molecule has 1 atom stereocenters. The van der Waals surface area contributed by atoms with Crippen LogP contribution in [0.2, 0.25) is 0 Å². The van der Waals surface area contributed by atoms with Crippen LogP contribution in [0.4, 0.5) is 0 Å². The molecule has 0 aromatic rings. The van der Waals surface area contributed by atoms with E-state index < -0.39 is 10.4 Å². The molecule has 1 fully saturated rings. The molecule has 0 amide bonds. The van der Waals surface area contributed by atoms with Crippen molar-refractivity contribution in [1.29, 1.82) is 0 Å². The second kappa shape index (κ2) is 11.9. The Balaban J connectivity index is -0.0000000818. The van der Waals surface area contributed by atoms with Gasteiger partial charge in [0.25, 0.3) is 0 Å². The van der Waals surface area contributed by atoms with Gasteiger partial charge in [-0.25, -0.2) is 6.04 Å². The summed E-state index contributed by atoms with van der Waals surface area (Å²) in [7, 11) is -5.17. The monoisotopic (exact) mass is 440 g/mol. The van der Waals surface area contributed by atoms with Crippen molar-refractivity contribution in [3.05, 3.63) is 6.04 Å². The quantitative estimate of drug-likeness (QED) is 0.235. The largest absolute Gasteiger partial charge is 2.00 e. The van der Waals surface area contributed by atoms with Crippen LogP contribution in [0, 0.1) is 6.04 Å². The van der Waals surface area contributed by atoms with E-state index in [0.29, 0.717) is 0 Å². The van der Waals surface area contributed by atoms with E-state index in [2.05, 4.69) is 0 Å². The molecule has 1 rings (SSSR count). The van der Waals surface area contributed by atoms with Crippen LogP contribution in [0.15, 0.2) is 0 Å². The third-order valence-corrected chi connectivity index (χ3v) is 1.71. The molecule has 0 aromatic carbocycles. The Labute approximate surface area is 109 Å². The van der Waals surface area contributed by atoms with Gasteiger partial charge in [0.15, 0.2) is 0 Å². The molecular formula is C6H17N2O6PtS-. The molecule has 0 unspecified atom stereocenters. The second-order valence-corrected chi connectivity index (χ2v) is 3.65. The molecule has 0 aliphatic heterocycles. The molecule has 1 aliphatic carbocycles. The number of rotatable bonds is 0. The summed E-state index contributed by atoms with van der Waals surface area (Å²) in [6.45, 7) is 0. The minimum absolute atomic E-state index is 0. The van der Waals surface area contributed by atoms with Crippen molar-refractivity contribution >= 4 is 10.4 Å². The first-order valence-electron chi connectivity index (χ1n) is 3.84. The SMILES string of the molecule is N[C-]1CCCC[C@H]1N.O.O.O=S(=O)([O-])[O-].[Pt+2]. The third-order valence-electron chi connectivity index (χ3n) is 1.71. The van der Waals surface area contributed by atoms with Crippen molar-refractivity contribution in [1.82, 2.24) is 0 Å². The Morgan fingerprint density at radius 2 is 1.56 bits per heavy atom. The van der Waals surface area contributed by atoms with E-state index in [1.807, 2.05) is 0 Å². The molecule has 0 radical (unpaired) electrons. The standard InChI is InChI=1S/C6H13N2.H2O4S.2H2O.Pt/c7-5-3-1-2-4-6(5)8;1-5(2,3)4;;;/h5H,1-4,7-8H2;(H2,1,2,3,4);2*1H2;/q-1;;;;+2/p-2/t5-;;;;/m1..../s1. The maximum Gasteiger partial charge on any atom is 2.00 e. The van der Waals surface area contributed by atoms with E-state index in [9.17, 15) is 0 Å². The van der Waals surface area contributed by atoms with Crippen molar-refractivity contribution < 1.29 is 49.5 Å².